The summed E-state index contributed by atoms with van der Waals surface area (Å²) in [6.07, 6.45) is 3.84. The van der Waals surface area contributed by atoms with Crippen molar-refractivity contribution >= 4 is 35.6 Å². The molecule has 0 spiro atoms. The van der Waals surface area contributed by atoms with Crippen LogP contribution in [0.4, 0.5) is 4.79 Å². The number of nitrogens with one attached hydrogen (secondary N) is 2. The fourth-order valence-electron chi connectivity index (χ4n) is 2.87. The number of halogens is 1. The van der Waals surface area contributed by atoms with Gasteiger partial charge in [0.05, 0.1) is 0 Å². The molecule has 2 N–H and O–H groups in total. The molecule has 1 heterocycles. The van der Waals surface area contributed by atoms with Gasteiger partial charge in [-0.1, -0.05) is 29.8 Å². The van der Waals surface area contributed by atoms with Gasteiger partial charge in [0.2, 0.25) is 11.8 Å². The Hall–Kier alpha value is -2.54. The SMILES string of the molecule is CC(C)(C)OC(=O)NCC(=O)N1CCC(NC(=O)/C=C/c2ccccc2Cl)CC1. The standard InChI is InChI=1S/C21H28ClN3O4/c1-21(2,3)29-20(28)23-14-19(27)25-12-10-16(11-13-25)24-18(26)9-8-15-6-4-5-7-17(15)22/h4-9,16H,10-14H2,1-3H3,(H,23,28)(H,24,26)/b9-8+. The van der Waals surface area contributed by atoms with Crippen molar-refractivity contribution in [2.45, 2.75) is 45.3 Å². The molecule has 0 unspecified atom stereocenters. The van der Waals surface area contributed by atoms with Crippen molar-refractivity contribution in [1.82, 2.24) is 15.5 Å². The second-order valence-electron chi connectivity index (χ2n) is 7.87. The molecule has 0 radical (unpaired) electrons. The van der Waals surface area contributed by atoms with E-state index in [2.05, 4.69) is 10.6 Å². The second kappa shape index (κ2) is 10.3. The molecule has 1 aromatic carbocycles. The minimum absolute atomic E-state index is 0.00117. The first-order chi connectivity index (χ1) is 13.6. The lowest BCUT2D eigenvalue weighted by Gasteiger charge is -2.32. The van der Waals surface area contributed by atoms with E-state index < -0.39 is 11.7 Å². The fraction of sp³-hybridized carbons (Fsp3) is 0.476. The lowest BCUT2D eigenvalue weighted by atomic mass is 10.0. The highest BCUT2D eigenvalue weighted by Crippen LogP contribution is 2.16. The van der Waals surface area contributed by atoms with Crippen LogP contribution < -0.4 is 10.6 Å². The largest absolute Gasteiger partial charge is 0.444 e. The third-order valence-corrected chi connectivity index (χ3v) is 4.64. The normalized spacial score (nSPS) is 15.2. The summed E-state index contributed by atoms with van der Waals surface area (Å²) in [5.74, 6) is -0.361. The summed E-state index contributed by atoms with van der Waals surface area (Å²) < 4.78 is 5.12. The van der Waals surface area contributed by atoms with Crippen molar-refractivity contribution in [3.05, 3.63) is 40.9 Å². The summed E-state index contributed by atoms with van der Waals surface area (Å²) in [7, 11) is 0. The molecular formula is C21H28ClN3O4. The molecule has 0 aliphatic carbocycles. The third kappa shape index (κ3) is 8.15. The molecule has 29 heavy (non-hydrogen) atoms. The maximum absolute atomic E-state index is 12.2. The molecule has 158 valence electrons. The average molecular weight is 422 g/mol. The Labute approximate surface area is 176 Å². The van der Waals surface area contributed by atoms with Crippen molar-refractivity contribution in [2.75, 3.05) is 19.6 Å². The summed E-state index contributed by atoms with van der Waals surface area (Å²) >= 11 is 6.07. The smallest absolute Gasteiger partial charge is 0.408 e. The van der Waals surface area contributed by atoms with Crippen LogP contribution in [0.2, 0.25) is 5.02 Å². The number of carbonyl (C=O) groups is 3. The molecule has 0 aromatic heterocycles. The summed E-state index contributed by atoms with van der Waals surface area (Å²) in [5, 5.41) is 6.01. The summed E-state index contributed by atoms with van der Waals surface area (Å²) in [6.45, 7) is 6.22. The van der Waals surface area contributed by atoms with Crippen LogP contribution in [0, 0.1) is 0 Å². The zero-order chi connectivity index (χ0) is 21.4. The van der Waals surface area contributed by atoms with Gasteiger partial charge in [-0.05, 0) is 51.3 Å². The number of ether oxygens (including phenoxy) is 1. The van der Waals surface area contributed by atoms with Crippen LogP contribution in [0.3, 0.4) is 0 Å². The minimum Gasteiger partial charge on any atom is -0.444 e. The number of benzene rings is 1. The van der Waals surface area contributed by atoms with Crippen molar-refractivity contribution in [1.29, 1.82) is 0 Å². The Kier molecular flexibility index (Phi) is 8.08. The number of piperidine rings is 1. The molecule has 3 amide bonds. The highest BCUT2D eigenvalue weighted by atomic mass is 35.5. The highest BCUT2D eigenvalue weighted by Gasteiger charge is 2.24. The van der Waals surface area contributed by atoms with E-state index in [1.54, 1.807) is 37.8 Å². The number of hydrogen-bond donors (Lipinski definition) is 2. The highest BCUT2D eigenvalue weighted by molar-refractivity contribution is 6.32. The van der Waals surface area contributed by atoms with Gasteiger partial charge in [0, 0.05) is 30.2 Å². The zero-order valence-corrected chi connectivity index (χ0v) is 17.8. The number of rotatable bonds is 5. The van der Waals surface area contributed by atoms with Crippen molar-refractivity contribution in [3.63, 3.8) is 0 Å². The van der Waals surface area contributed by atoms with E-state index in [0.29, 0.717) is 31.0 Å². The summed E-state index contributed by atoms with van der Waals surface area (Å²) in [5.41, 5.74) is 0.173. The first kappa shape index (κ1) is 22.7. The van der Waals surface area contributed by atoms with Crippen LogP contribution in [-0.2, 0) is 14.3 Å². The van der Waals surface area contributed by atoms with Gasteiger partial charge in [-0.25, -0.2) is 4.79 Å². The average Bonchev–Trinajstić information content (AvgIpc) is 2.65. The van der Waals surface area contributed by atoms with Crippen molar-refractivity contribution < 1.29 is 19.1 Å². The van der Waals surface area contributed by atoms with E-state index in [4.69, 9.17) is 16.3 Å². The molecule has 1 saturated heterocycles. The Balaban J connectivity index is 1.71. The van der Waals surface area contributed by atoms with Crippen LogP contribution in [0.5, 0.6) is 0 Å². The molecule has 2 rings (SSSR count). The second-order valence-corrected chi connectivity index (χ2v) is 8.28. The van der Waals surface area contributed by atoms with Crippen LogP contribution in [0.15, 0.2) is 30.3 Å². The molecule has 7 nitrogen and oxygen atoms in total. The summed E-state index contributed by atoms with van der Waals surface area (Å²) in [6, 6.07) is 7.29. The molecule has 0 saturated carbocycles. The monoisotopic (exact) mass is 421 g/mol. The Morgan fingerprint density at radius 2 is 1.86 bits per heavy atom. The molecule has 1 aliphatic rings. The molecule has 8 heteroatoms. The van der Waals surface area contributed by atoms with Gasteiger partial charge in [-0.3, -0.25) is 9.59 Å². The van der Waals surface area contributed by atoms with Gasteiger partial charge < -0.3 is 20.3 Å². The first-order valence-electron chi connectivity index (χ1n) is 9.62. The van der Waals surface area contributed by atoms with Crippen molar-refractivity contribution in [2.24, 2.45) is 0 Å². The zero-order valence-electron chi connectivity index (χ0n) is 17.0. The van der Waals surface area contributed by atoms with E-state index >= 15 is 0 Å². The number of likely N-dealkylation sites (tertiary alicyclic amines) is 1. The Morgan fingerprint density at radius 3 is 2.48 bits per heavy atom. The molecular weight excluding hydrogens is 394 g/mol. The van der Waals surface area contributed by atoms with E-state index in [1.807, 2.05) is 18.2 Å². The number of hydrogen-bond acceptors (Lipinski definition) is 4. The molecule has 1 aliphatic heterocycles. The van der Waals surface area contributed by atoms with Crippen LogP contribution in [0.1, 0.15) is 39.2 Å². The van der Waals surface area contributed by atoms with E-state index in [1.165, 1.54) is 6.08 Å². The van der Waals surface area contributed by atoms with Gasteiger partial charge >= 0.3 is 6.09 Å². The molecule has 1 aromatic rings. The number of carbonyl (C=O) groups excluding carboxylic acids is 3. The fourth-order valence-corrected chi connectivity index (χ4v) is 3.07. The van der Waals surface area contributed by atoms with Gasteiger partial charge in [0.25, 0.3) is 0 Å². The van der Waals surface area contributed by atoms with Gasteiger partial charge in [0.15, 0.2) is 0 Å². The number of amides is 3. The Morgan fingerprint density at radius 1 is 1.21 bits per heavy atom. The van der Waals surface area contributed by atoms with Crippen LogP contribution in [-0.4, -0.2) is 54.1 Å². The lowest BCUT2D eigenvalue weighted by Crippen LogP contribution is -2.49. The lowest BCUT2D eigenvalue weighted by molar-refractivity contribution is -0.131. The van der Waals surface area contributed by atoms with Gasteiger partial charge in [-0.2, -0.15) is 0 Å². The van der Waals surface area contributed by atoms with E-state index in [0.717, 1.165) is 5.56 Å². The van der Waals surface area contributed by atoms with Gasteiger partial charge in [0.1, 0.15) is 12.1 Å². The molecule has 0 atom stereocenters. The van der Waals surface area contributed by atoms with Crippen LogP contribution in [0.25, 0.3) is 6.08 Å². The van der Waals surface area contributed by atoms with E-state index in [-0.39, 0.29) is 24.4 Å². The number of nitrogens with zero attached hydrogens (tertiary/aromatic N) is 1. The topological polar surface area (TPSA) is 87.7 Å². The maximum Gasteiger partial charge on any atom is 0.408 e. The molecule has 0 bridgehead atoms. The van der Waals surface area contributed by atoms with Crippen molar-refractivity contribution in [3.8, 4) is 0 Å². The summed E-state index contributed by atoms with van der Waals surface area (Å²) in [4.78, 5) is 37.7. The predicted octanol–water partition coefficient (Wildman–Crippen LogP) is 2.99. The third-order valence-electron chi connectivity index (χ3n) is 4.30. The van der Waals surface area contributed by atoms with Gasteiger partial charge in [-0.15, -0.1) is 0 Å². The van der Waals surface area contributed by atoms with Crippen LogP contribution >= 0.6 is 11.6 Å². The molecule has 1 fully saturated rings. The first-order valence-corrected chi connectivity index (χ1v) is 9.99. The van der Waals surface area contributed by atoms with E-state index in [9.17, 15) is 14.4 Å². The minimum atomic E-state index is -0.613. The Bertz CT molecular complexity index is 765. The number of alkyl carbamates (subject to hydrolysis) is 1. The quantitative estimate of drug-likeness (QED) is 0.715. The predicted molar refractivity (Wildman–Crippen MR) is 112 cm³/mol. The maximum atomic E-state index is 12.2.